The standard InChI is InChI=1S/C22H14IN3O6S/c23-14-3-5-15(6-4-14)24-20(27)12-25-21(28)19(33-22(25)29)11-17-9-10-18(32-17)13-1-7-16(8-2-13)26(30)31/h1-11H,12H2,(H,24,27)/b19-11+. The molecule has 0 aliphatic carbocycles. The molecule has 33 heavy (non-hydrogen) atoms. The second-order valence-electron chi connectivity index (χ2n) is 6.83. The Morgan fingerprint density at radius 3 is 2.45 bits per heavy atom. The van der Waals surface area contributed by atoms with Crippen molar-refractivity contribution >= 4 is 68.9 Å². The van der Waals surface area contributed by atoms with Gasteiger partial charge in [-0.3, -0.25) is 29.4 Å². The molecule has 166 valence electrons. The summed E-state index contributed by atoms with van der Waals surface area (Å²) in [5.41, 5.74) is 1.16. The predicted molar refractivity (Wildman–Crippen MR) is 131 cm³/mol. The minimum atomic E-state index is -0.587. The third kappa shape index (κ3) is 5.31. The SMILES string of the molecule is O=C(CN1C(=O)S/C(=C/c2ccc(-c3ccc([N+](=O)[O-])cc3)o2)C1=O)Nc1ccc(I)cc1. The zero-order valence-electron chi connectivity index (χ0n) is 16.7. The van der Waals surface area contributed by atoms with Gasteiger partial charge in [-0.1, -0.05) is 0 Å². The third-order valence-corrected chi connectivity index (χ3v) is 6.19. The summed E-state index contributed by atoms with van der Waals surface area (Å²) in [6, 6.07) is 16.2. The normalized spacial score (nSPS) is 14.7. The number of hydrogen-bond donors (Lipinski definition) is 1. The molecule has 3 amide bonds. The number of furan rings is 1. The first kappa shape index (κ1) is 22.7. The van der Waals surface area contributed by atoms with E-state index in [1.807, 2.05) is 12.1 Å². The third-order valence-electron chi connectivity index (χ3n) is 4.57. The molecule has 0 unspecified atom stereocenters. The van der Waals surface area contributed by atoms with Crippen molar-refractivity contribution < 1.29 is 23.7 Å². The van der Waals surface area contributed by atoms with E-state index in [1.54, 1.807) is 36.4 Å². The molecular weight excluding hydrogens is 561 g/mol. The van der Waals surface area contributed by atoms with Crippen LogP contribution in [0.25, 0.3) is 17.4 Å². The van der Waals surface area contributed by atoms with Gasteiger partial charge in [-0.25, -0.2) is 0 Å². The van der Waals surface area contributed by atoms with E-state index in [4.69, 9.17) is 4.42 Å². The summed E-state index contributed by atoms with van der Waals surface area (Å²) in [5, 5.41) is 12.9. The summed E-state index contributed by atoms with van der Waals surface area (Å²) in [6.07, 6.45) is 1.43. The lowest BCUT2D eigenvalue weighted by Gasteiger charge is -2.12. The predicted octanol–water partition coefficient (Wildman–Crippen LogP) is 5.13. The van der Waals surface area contributed by atoms with Crippen LogP contribution in [-0.4, -0.2) is 33.4 Å². The van der Waals surface area contributed by atoms with Gasteiger partial charge >= 0.3 is 0 Å². The number of anilines is 1. The lowest BCUT2D eigenvalue weighted by Crippen LogP contribution is -2.36. The van der Waals surface area contributed by atoms with Gasteiger partial charge in [-0.05, 0) is 82.9 Å². The van der Waals surface area contributed by atoms with Crippen LogP contribution in [0.1, 0.15) is 5.76 Å². The Balaban J connectivity index is 1.43. The first-order valence-corrected chi connectivity index (χ1v) is 11.3. The number of hydrogen-bond acceptors (Lipinski definition) is 7. The average molecular weight is 575 g/mol. The Hall–Kier alpha value is -3.45. The van der Waals surface area contributed by atoms with Gasteiger partial charge in [0.2, 0.25) is 5.91 Å². The van der Waals surface area contributed by atoms with Gasteiger partial charge in [0.25, 0.3) is 16.8 Å². The van der Waals surface area contributed by atoms with Crippen molar-refractivity contribution in [1.29, 1.82) is 0 Å². The van der Waals surface area contributed by atoms with Crippen LogP contribution in [0.2, 0.25) is 0 Å². The lowest BCUT2D eigenvalue weighted by atomic mass is 10.1. The molecule has 0 bridgehead atoms. The summed E-state index contributed by atoms with van der Waals surface area (Å²) in [5.74, 6) is -0.293. The number of nitrogens with zero attached hydrogens (tertiary/aromatic N) is 2. The molecular formula is C22H14IN3O6S. The molecule has 0 saturated carbocycles. The summed E-state index contributed by atoms with van der Waals surface area (Å²) in [7, 11) is 0. The Labute approximate surface area is 205 Å². The van der Waals surface area contributed by atoms with E-state index in [9.17, 15) is 24.5 Å². The highest BCUT2D eigenvalue weighted by molar-refractivity contribution is 14.1. The van der Waals surface area contributed by atoms with Crippen LogP contribution < -0.4 is 5.32 Å². The number of non-ortho nitro benzene ring substituents is 1. The molecule has 1 N–H and O–H groups in total. The highest BCUT2D eigenvalue weighted by Crippen LogP contribution is 2.33. The van der Waals surface area contributed by atoms with Gasteiger partial charge in [-0.15, -0.1) is 0 Å². The van der Waals surface area contributed by atoms with Gasteiger partial charge < -0.3 is 9.73 Å². The molecule has 1 saturated heterocycles. The van der Waals surface area contributed by atoms with Crippen molar-refractivity contribution in [1.82, 2.24) is 4.90 Å². The molecule has 1 aliphatic heterocycles. The summed E-state index contributed by atoms with van der Waals surface area (Å²) < 4.78 is 6.71. The molecule has 4 rings (SSSR count). The van der Waals surface area contributed by atoms with Crippen molar-refractivity contribution in [3.8, 4) is 11.3 Å². The van der Waals surface area contributed by atoms with E-state index >= 15 is 0 Å². The molecule has 1 aliphatic rings. The van der Waals surface area contributed by atoms with Crippen LogP contribution >= 0.6 is 34.4 Å². The number of imide groups is 1. The fourth-order valence-electron chi connectivity index (χ4n) is 2.98. The minimum absolute atomic E-state index is 0.0368. The monoisotopic (exact) mass is 575 g/mol. The van der Waals surface area contributed by atoms with Crippen molar-refractivity contribution in [2.24, 2.45) is 0 Å². The van der Waals surface area contributed by atoms with Gasteiger partial charge in [0.1, 0.15) is 18.1 Å². The largest absolute Gasteiger partial charge is 0.457 e. The van der Waals surface area contributed by atoms with E-state index in [2.05, 4.69) is 27.9 Å². The fraction of sp³-hybridized carbons (Fsp3) is 0.0455. The number of carbonyl (C=O) groups excluding carboxylic acids is 3. The summed E-state index contributed by atoms with van der Waals surface area (Å²) >= 11 is 2.86. The fourth-order valence-corrected chi connectivity index (χ4v) is 4.15. The second-order valence-corrected chi connectivity index (χ2v) is 9.07. The topological polar surface area (TPSA) is 123 Å². The smallest absolute Gasteiger partial charge is 0.294 e. The molecule has 2 aromatic carbocycles. The second kappa shape index (κ2) is 9.58. The summed E-state index contributed by atoms with van der Waals surface area (Å²) in [4.78, 5) is 48.5. The minimum Gasteiger partial charge on any atom is -0.457 e. The van der Waals surface area contributed by atoms with Gasteiger partial charge in [0, 0.05) is 33.0 Å². The van der Waals surface area contributed by atoms with Gasteiger partial charge in [0.15, 0.2) is 0 Å². The van der Waals surface area contributed by atoms with Crippen molar-refractivity contribution in [3.05, 3.63) is 85.0 Å². The van der Waals surface area contributed by atoms with Crippen LogP contribution in [0.15, 0.2) is 70.0 Å². The molecule has 1 aromatic heterocycles. The quantitative estimate of drug-likeness (QED) is 0.187. The molecule has 11 heteroatoms. The molecule has 1 fully saturated rings. The van der Waals surface area contributed by atoms with Gasteiger partial charge in [0.05, 0.1) is 9.83 Å². The molecule has 9 nitrogen and oxygen atoms in total. The first-order chi connectivity index (χ1) is 15.8. The number of amides is 3. The van der Waals surface area contributed by atoms with E-state index in [0.29, 0.717) is 22.8 Å². The molecule has 0 atom stereocenters. The maximum absolute atomic E-state index is 12.7. The number of nitrogens with one attached hydrogen (secondary N) is 1. The van der Waals surface area contributed by atoms with Crippen LogP contribution in [-0.2, 0) is 9.59 Å². The summed E-state index contributed by atoms with van der Waals surface area (Å²) in [6.45, 7) is -0.403. The number of carbonyl (C=O) groups is 3. The first-order valence-electron chi connectivity index (χ1n) is 9.45. The maximum Gasteiger partial charge on any atom is 0.294 e. The Morgan fingerprint density at radius 2 is 1.79 bits per heavy atom. The highest BCUT2D eigenvalue weighted by atomic mass is 127. The molecule has 0 spiro atoms. The van der Waals surface area contributed by atoms with Crippen molar-refractivity contribution in [3.63, 3.8) is 0 Å². The lowest BCUT2D eigenvalue weighted by molar-refractivity contribution is -0.384. The van der Waals surface area contributed by atoms with E-state index in [-0.39, 0.29) is 10.6 Å². The van der Waals surface area contributed by atoms with Crippen molar-refractivity contribution in [2.45, 2.75) is 0 Å². The Kier molecular flexibility index (Phi) is 6.60. The van der Waals surface area contributed by atoms with E-state index in [1.165, 1.54) is 18.2 Å². The van der Waals surface area contributed by atoms with E-state index in [0.717, 1.165) is 20.2 Å². The van der Waals surface area contributed by atoms with Crippen LogP contribution in [0.5, 0.6) is 0 Å². The zero-order chi connectivity index (χ0) is 23.5. The number of benzene rings is 2. The molecule has 3 aromatic rings. The number of halogens is 1. The van der Waals surface area contributed by atoms with E-state index < -0.39 is 28.5 Å². The zero-order valence-corrected chi connectivity index (χ0v) is 19.7. The van der Waals surface area contributed by atoms with Gasteiger partial charge in [-0.2, -0.15) is 0 Å². The number of nitro groups is 1. The number of nitro benzene ring substituents is 1. The number of thioether (sulfide) groups is 1. The molecule has 0 radical (unpaired) electrons. The van der Waals surface area contributed by atoms with Crippen LogP contribution in [0, 0.1) is 13.7 Å². The highest BCUT2D eigenvalue weighted by Gasteiger charge is 2.36. The average Bonchev–Trinajstić information content (AvgIpc) is 3.36. The number of rotatable bonds is 6. The Bertz CT molecular complexity index is 1280. The van der Waals surface area contributed by atoms with Crippen molar-refractivity contribution in [2.75, 3.05) is 11.9 Å². The van der Waals surface area contributed by atoms with Crippen LogP contribution in [0.3, 0.4) is 0 Å². The Morgan fingerprint density at radius 1 is 1.09 bits per heavy atom. The maximum atomic E-state index is 12.7. The molecule has 2 heterocycles. The van der Waals surface area contributed by atoms with Crippen LogP contribution in [0.4, 0.5) is 16.2 Å².